The first-order chi connectivity index (χ1) is 13.1. The molecule has 0 fully saturated rings. The van der Waals surface area contributed by atoms with Gasteiger partial charge in [-0.05, 0) is 43.7 Å². The SMILES string of the molecule is COCCc1noc([C@@H](C)NC(=O)Nc2cccc(-n3cccc3)c2C)n1. The fourth-order valence-corrected chi connectivity index (χ4v) is 2.69. The number of hydrogen-bond acceptors (Lipinski definition) is 5. The third-order valence-electron chi connectivity index (χ3n) is 4.17. The summed E-state index contributed by atoms with van der Waals surface area (Å²) in [5.74, 6) is 0.908. The summed E-state index contributed by atoms with van der Waals surface area (Å²) in [5, 5.41) is 9.57. The van der Waals surface area contributed by atoms with Crippen LogP contribution < -0.4 is 10.6 Å². The van der Waals surface area contributed by atoms with E-state index in [1.807, 2.05) is 54.2 Å². The van der Waals surface area contributed by atoms with Crippen LogP contribution in [0.15, 0.2) is 47.2 Å². The van der Waals surface area contributed by atoms with Crippen molar-refractivity contribution in [3.8, 4) is 5.69 Å². The minimum Gasteiger partial charge on any atom is -0.384 e. The predicted molar refractivity (Wildman–Crippen MR) is 101 cm³/mol. The fraction of sp³-hybridized carbons (Fsp3) is 0.316. The zero-order valence-electron chi connectivity index (χ0n) is 15.6. The molecule has 27 heavy (non-hydrogen) atoms. The first kappa shape index (κ1) is 18.7. The van der Waals surface area contributed by atoms with Crippen molar-refractivity contribution in [2.24, 2.45) is 0 Å². The number of amides is 2. The average molecular weight is 369 g/mol. The van der Waals surface area contributed by atoms with Gasteiger partial charge < -0.3 is 24.5 Å². The number of methoxy groups -OCH3 is 1. The Bertz CT molecular complexity index is 889. The van der Waals surface area contributed by atoms with Crippen molar-refractivity contribution < 1.29 is 14.1 Å². The summed E-state index contributed by atoms with van der Waals surface area (Å²) in [6, 6.07) is 8.93. The van der Waals surface area contributed by atoms with Gasteiger partial charge in [0.05, 0.1) is 6.61 Å². The number of nitrogens with zero attached hydrogens (tertiary/aromatic N) is 3. The van der Waals surface area contributed by atoms with Crippen LogP contribution in [0.25, 0.3) is 5.69 Å². The van der Waals surface area contributed by atoms with E-state index in [1.54, 1.807) is 14.0 Å². The number of rotatable bonds is 7. The van der Waals surface area contributed by atoms with E-state index in [4.69, 9.17) is 9.26 Å². The Morgan fingerprint density at radius 1 is 1.30 bits per heavy atom. The molecule has 3 aromatic rings. The Morgan fingerprint density at radius 3 is 2.81 bits per heavy atom. The molecular formula is C19H23N5O3. The largest absolute Gasteiger partial charge is 0.384 e. The standard InChI is InChI=1S/C19H23N5O3/c1-13-15(7-6-8-16(13)24-10-4-5-11-24)21-19(25)20-14(2)18-22-17(23-27-18)9-12-26-3/h4-8,10-11,14H,9,12H2,1-3H3,(H2,20,21,25)/t14-/m1/s1. The summed E-state index contributed by atoms with van der Waals surface area (Å²) in [6.45, 7) is 4.27. The fourth-order valence-electron chi connectivity index (χ4n) is 2.69. The van der Waals surface area contributed by atoms with Crippen LogP contribution in [0.4, 0.5) is 10.5 Å². The maximum absolute atomic E-state index is 12.4. The molecule has 1 atom stereocenters. The highest BCUT2D eigenvalue weighted by Crippen LogP contribution is 2.22. The van der Waals surface area contributed by atoms with Crippen LogP contribution in [0.3, 0.4) is 0 Å². The molecule has 0 aliphatic heterocycles. The molecule has 0 spiro atoms. The Labute approximate surface area is 157 Å². The second-order valence-corrected chi connectivity index (χ2v) is 6.15. The normalized spacial score (nSPS) is 12.0. The minimum absolute atomic E-state index is 0.341. The number of hydrogen-bond donors (Lipinski definition) is 2. The molecule has 1 aromatic carbocycles. The maximum atomic E-state index is 12.4. The molecule has 8 heteroatoms. The van der Waals surface area contributed by atoms with Crippen molar-refractivity contribution in [1.29, 1.82) is 0 Å². The molecule has 2 N–H and O–H groups in total. The summed E-state index contributed by atoms with van der Waals surface area (Å²) in [5.41, 5.74) is 2.71. The zero-order valence-corrected chi connectivity index (χ0v) is 15.6. The average Bonchev–Trinajstić information content (AvgIpc) is 3.33. The summed E-state index contributed by atoms with van der Waals surface area (Å²) < 4.78 is 12.2. The molecule has 0 radical (unpaired) electrons. The molecule has 0 aliphatic carbocycles. The van der Waals surface area contributed by atoms with Gasteiger partial charge in [-0.3, -0.25) is 0 Å². The monoisotopic (exact) mass is 369 g/mol. The van der Waals surface area contributed by atoms with Crippen molar-refractivity contribution >= 4 is 11.7 Å². The lowest BCUT2D eigenvalue weighted by atomic mass is 10.1. The van der Waals surface area contributed by atoms with Gasteiger partial charge in [-0.15, -0.1) is 0 Å². The van der Waals surface area contributed by atoms with E-state index < -0.39 is 6.04 Å². The highest BCUT2D eigenvalue weighted by atomic mass is 16.5. The third-order valence-corrected chi connectivity index (χ3v) is 4.17. The van der Waals surface area contributed by atoms with Gasteiger partial charge in [-0.25, -0.2) is 4.79 Å². The molecule has 8 nitrogen and oxygen atoms in total. The van der Waals surface area contributed by atoms with E-state index in [-0.39, 0.29) is 6.03 Å². The van der Waals surface area contributed by atoms with Crippen LogP contribution in [0, 0.1) is 6.92 Å². The van der Waals surface area contributed by atoms with E-state index in [1.165, 1.54) is 0 Å². The molecule has 0 bridgehead atoms. The number of anilines is 1. The van der Waals surface area contributed by atoms with Gasteiger partial charge in [0.15, 0.2) is 5.82 Å². The van der Waals surface area contributed by atoms with Crippen molar-refractivity contribution in [1.82, 2.24) is 20.0 Å². The van der Waals surface area contributed by atoms with Crippen molar-refractivity contribution in [2.75, 3.05) is 19.0 Å². The number of ether oxygens (including phenoxy) is 1. The first-order valence-electron chi connectivity index (χ1n) is 8.70. The summed E-state index contributed by atoms with van der Waals surface area (Å²) in [7, 11) is 1.61. The van der Waals surface area contributed by atoms with Crippen LogP contribution in [0.2, 0.25) is 0 Å². The molecular weight excluding hydrogens is 346 g/mol. The van der Waals surface area contributed by atoms with Gasteiger partial charge in [0.25, 0.3) is 0 Å². The van der Waals surface area contributed by atoms with Crippen LogP contribution in [0.5, 0.6) is 0 Å². The Balaban J connectivity index is 1.64. The van der Waals surface area contributed by atoms with Gasteiger partial charge >= 0.3 is 6.03 Å². The maximum Gasteiger partial charge on any atom is 0.319 e. The number of nitrogens with one attached hydrogen (secondary N) is 2. The lowest BCUT2D eigenvalue weighted by molar-refractivity contribution is 0.199. The van der Waals surface area contributed by atoms with E-state index in [0.717, 1.165) is 16.9 Å². The quantitative estimate of drug-likeness (QED) is 0.667. The van der Waals surface area contributed by atoms with Crippen LogP contribution in [-0.4, -0.2) is 34.5 Å². The molecule has 2 heterocycles. The van der Waals surface area contributed by atoms with Gasteiger partial charge in [0.1, 0.15) is 6.04 Å². The van der Waals surface area contributed by atoms with Crippen molar-refractivity contribution in [3.05, 3.63) is 60.0 Å². The highest BCUT2D eigenvalue weighted by molar-refractivity contribution is 5.90. The van der Waals surface area contributed by atoms with Crippen LogP contribution in [0.1, 0.15) is 30.2 Å². The lowest BCUT2D eigenvalue weighted by Gasteiger charge is -2.15. The van der Waals surface area contributed by atoms with Gasteiger partial charge in [-0.1, -0.05) is 11.2 Å². The highest BCUT2D eigenvalue weighted by Gasteiger charge is 2.17. The van der Waals surface area contributed by atoms with Gasteiger partial charge in [0.2, 0.25) is 5.89 Å². The topological polar surface area (TPSA) is 94.2 Å². The zero-order chi connectivity index (χ0) is 19.2. The summed E-state index contributed by atoms with van der Waals surface area (Å²) in [4.78, 5) is 16.7. The molecule has 0 saturated heterocycles. The van der Waals surface area contributed by atoms with Crippen LogP contribution in [-0.2, 0) is 11.2 Å². The Morgan fingerprint density at radius 2 is 2.07 bits per heavy atom. The molecule has 0 unspecified atom stereocenters. The summed E-state index contributed by atoms with van der Waals surface area (Å²) >= 11 is 0. The number of carbonyl (C=O) groups excluding carboxylic acids is 1. The molecule has 0 saturated carbocycles. The Kier molecular flexibility index (Phi) is 5.87. The van der Waals surface area contributed by atoms with Crippen molar-refractivity contribution in [3.63, 3.8) is 0 Å². The molecule has 3 rings (SSSR count). The predicted octanol–water partition coefficient (Wildman–Crippen LogP) is 3.24. The summed E-state index contributed by atoms with van der Waals surface area (Å²) in [6.07, 6.45) is 4.49. The van der Waals surface area contributed by atoms with E-state index in [9.17, 15) is 4.79 Å². The van der Waals surface area contributed by atoms with E-state index in [0.29, 0.717) is 24.7 Å². The van der Waals surface area contributed by atoms with Crippen LogP contribution >= 0.6 is 0 Å². The van der Waals surface area contributed by atoms with E-state index in [2.05, 4.69) is 20.8 Å². The second kappa shape index (κ2) is 8.50. The molecule has 142 valence electrons. The number of benzene rings is 1. The first-order valence-corrected chi connectivity index (χ1v) is 8.70. The molecule has 2 amide bonds. The smallest absolute Gasteiger partial charge is 0.319 e. The van der Waals surface area contributed by atoms with Crippen molar-refractivity contribution in [2.45, 2.75) is 26.3 Å². The number of carbonyl (C=O) groups is 1. The molecule has 0 aliphatic rings. The van der Waals surface area contributed by atoms with E-state index >= 15 is 0 Å². The number of aromatic nitrogens is 3. The second-order valence-electron chi connectivity index (χ2n) is 6.15. The Hall–Kier alpha value is -3.13. The van der Waals surface area contributed by atoms with Gasteiger partial charge in [-0.2, -0.15) is 4.98 Å². The minimum atomic E-state index is -0.415. The molecule has 2 aromatic heterocycles. The van der Waals surface area contributed by atoms with Gasteiger partial charge in [0, 0.05) is 37.3 Å². The lowest BCUT2D eigenvalue weighted by Crippen LogP contribution is -2.31. The third kappa shape index (κ3) is 4.53. The number of urea groups is 1.